The van der Waals surface area contributed by atoms with Crippen LogP contribution in [0.2, 0.25) is 5.02 Å². The summed E-state index contributed by atoms with van der Waals surface area (Å²) in [5, 5.41) is 10.6. The summed E-state index contributed by atoms with van der Waals surface area (Å²) >= 11 is 6.61. The maximum absolute atomic E-state index is 15.5. The molecule has 2 aromatic carbocycles. The number of sulfonamides is 1. The van der Waals surface area contributed by atoms with Crippen LogP contribution in [0.1, 0.15) is 67.0 Å². The molecule has 1 amide bonds. The minimum Gasteiger partial charge on any atom is -0.475 e. The van der Waals surface area contributed by atoms with Crippen LogP contribution in [0.3, 0.4) is 0 Å². The molecule has 0 bridgehead atoms. The van der Waals surface area contributed by atoms with Crippen LogP contribution in [-0.4, -0.2) is 74.5 Å². The first-order valence-electron chi connectivity index (χ1n) is 19.5. The van der Waals surface area contributed by atoms with Crippen LogP contribution in [-0.2, 0) is 45.5 Å². The van der Waals surface area contributed by atoms with Gasteiger partial charge in [0.25, 0.3) is 17.9 Å². The largest absolute Gasteiger partial charge is 0.475 e. The van der Waals surface area contributed by atoms with Gasteiger partial charge in [-0.05, 0) is 54.2 Å². The number of pyridine rings is 1. The normalized spacial score (nSPS) is 17.1. The molecule has 2 aliphatic rings. The van der Waals surface area contributed by atoms with Crippen LogP contribution in [0.5, 0.6) is 5.88 Å². The van der Waals surface area contributed by atoms with E-state index in [1.54, 1.807) is 0 Å². The number of aryl methyl sites for hydroxylation is 1. The molecule has 8 rings (SSSR count). The van der Waals surface area contributed by atoms with Crippen LogP contribution >= 0.6 is 11.6 Å². The van der Waals surface area contributed by atoms with Crippen LogP contribution in [0.25, 0.3) is 27.6 Å². The number of amides is 1. The number of aromatic nitrogens is 7. The highest BCUT2D eigenvalue weighted by Crippen LogP contribution is 2.68. The van der Waals surface area contributed by atoms with Gasteiger partial charge in [-0.2, -0.15) is 24.0 Å². The SMILES string of the molecule is CC(C)COCCOc1ccc2c(=O)n(-c3ccc(Cl)c4c(NS(C)(=O)=O)nn(C)c34)c([C@H](Cc3cc(F)cc(F)c3)NC(=O)Cn3nc(C(F)F)c4c3C(F)(F)[C@@H]3C[C@H]43)nc2n1. The van der Waals surface area contributed by atoms with Crippen LogP contribution in [0.4, 0.5) is 32.2 Å². The van der Waals surface area contributed by atoms with Gasteiger partial charge in [0.05, 0.1) is 45.9 Å². The molecule has 15 nitrogen and oxygen atoms in total. The smallest absolute Gasteiger partial charge is 0.293 e. The lowest BCUT2D eigenvalue weighted by molar-refractivity contribution is -0.123. The van der Waals surface area contributed by atoms with E-state index in [0.717, 1.165) is 23.0 Å². The van der Waals surface area contributed by atoms with Gasteiger partial charge in [-0.15, -0.1) is 0 Å². The Labute approximate surface area is 359 Å². The summed E-state index contributed by atoms with van der Waals surface area (Å²) in [6, 6.07) is 6.51. The van der Waals surface area contributed by atoms with E-state index in [1.807, 2.05) is 13.8 Å². The van der Waals surface area contributed by atoms with Gasteiger partial charge >= 0.3 is 0 Å². The first kappa shape index (κ1) is 43.9. The van der Waals surface area contributed by atoms with Crippen LogP contribution in [0.15, 0.2) is 47.3 Å². The van der Waals surface area contributed by atoms with Gasteiger partial charge in [0.1, 0.15) is 42.0 Å². The molecule has 1 saturated carbocycles. The molecule has 0 radical (unpaired) electrons. The number of hydrogen-bond acceptors (Lipinski definition) is 10. The van der Waals surface area contributed by atoms with E-state index in [4.69, 9.17) is 26.1 Å². The van der Waals surface area contributed by atoms with E-state index in [9.17, 15) is 35.6 Å². The summed E-state index contributed by atoms with van der Waals surface area (Å²) in [7, 11) is -2.48. The zero-order chi connectivity index (χ0) is 45.3. The van der Waals surface area contributed by atoms with Crippen molar-refractivity contribution in [3.63, 3.8) is 0 Å². The number of fused-ring (bicyclic) bond motifs is 5. The molecular weight excluding hydrogens is 884 g/mol. The van der Waals surface area contributed by atoms with Gasteiger partial charge in [0.15, 0.2) is 11.5 Å². The summed E-state index contributed by atoms with van der Waals surface area (Å²) in [6.07, 6.45) is -2.83. The highest BCUT2D eigenvalue weighted by molar-refractivity contribution is 7.92. The summed E-state index contributed by atoms with van der Waals surface area (Å²) in [6.45, 7) is 3.69. The fourth-order valence-corrected chi connectivity index (χ4v) is 8.78. The highest BCUT2D eigenvalue weighted by Gasteiger charge is 2.67. The molecule has 23 heteroatoms. The maximum atomic E-state index is 15.5. The molecule has 0 aliphatic heterocycles. The maximum Gasteiger partial charge on any atom is 0.293 e. The van der Waals surface area contributed by atoms with Gasteiger partial charge in [-0.1, -0.05) is 25.4 Å². The van der Waals surface area contributed by atoms with E-state index in [1.165, 1.54) is 36.0 Å². The Bertz CT molecular complexity index is 2960. The molecule has 4 heterocycles. The van der Waals surface area contributed by atoms with Crippen molar-refractivity contribution in [3.8, 4) is 11.6 Å². The number of hydrogen-bond donors (Lipinski definition) is 2. The first-order chi connectivity index (χ1) is 29.7. The topological polar surface area (TPSA) is 177 Å². The average molecular weight is 922 g/mol. The van der Waals surface area contributed by atoms with Gasteiger partial charge in [-0.25, -0.2) is 31.0 Å². The van der Waals surface area contributed by atoms with Crippen molar-refractivity contribution in [2.24, 2.45) is 18.9 Å². The predicted molar refractivity (Wildman–Crippen MR) is 217 cm³/mol. The summed E-state index contributed by atoms with van der Waals surface area (Å²) in [4.78, 5) is 38.1. The number of carbonyl (C=O) groups excluding carboxylic acids is 1. The number of anilines is 1. The first-order valence-corrected chi connectivity index (χ1v) is 21.8. The van der Waals surface area contributed by atoms with Crippen LogP contribution in [0, 0.1) is 23.5 Å². The van der Waals surface area contributed by atoms with Crippen molar-refractivity contribution in [2.45, 2.75) is 57.5 Å². The van der Waals surface area contributed by atoms with Gasteiger partial charge < -0.3 is 14.8 Å². The molecular formula is C40H38ClF6N9O6S. The monoisotopic (exact) mass is 921 g/mol. The third-order valence-electron chi connectivity index (χ3n) is 10.6. The second kappa shape index (κ2) is 16.4. The van der Waals surface area contributed by atoms with Crippen molar-refractivity contribution in [2.75, 3.05) is 30.8 Å². The number of rotatable bonds is 16. The lowest BCUT2D eigenvalue weighted by atomic mass is 10.0. The van der Waals surface area contributed by atoms with Crippen molar-refractivity contribution in [1.82, 2.24) is 39.4 Å². The fourth-order valence-electron chi connectivity index (χ4n) is 8.05. The number of carbonyl (C=O) groups is 1. The lowest BCUT2D eigenvalue weighted by Crippen LogP contribution is -2.38. The Morgan fingerprint density at radius 2 is 1.78 bits per heavy atom. The number of nitrogens with one attached hydrogen (secondary N) is 2. The summed E-state index contributed by atoms with van der Waals surface area (Å²) < 4.78 is 130. The number of halogens is 7. The zero-order valence-electron chi connectivity index (χ0n) is 33.8. The van der Waals surface area contributed by atoms with E-state index in [0.29, 0.717) is 17.4 Å². The summed E-state index contributed by atoms with van der Waals surface area (Å²) in [5.74, 6) is -8.91. The molecule has 334 valence electrons. The Morgan fingerprint density at radius 3 is 2.46 bits per heavy atom. The molecule has 63 heavy (non-hydrogen) atoms. The van der Waals surface area contributed by atoms with Gasteiger partial charge in [-0.3, -0.25) is 28.2 Å². The van der Waals surface area contributed by atoms with E-state index in [2.05, 4.69) is 25.2 Å². The van der Waals surface area contributed by atoms with Crippen molar-refractivity contribution < 1.29 is 49.0 Å². The van der Waals surface area contributed by atoms with Gasteiger partial charge in [0.2, 0.25) is 21.8 Å². The third kappa shape index (κ3) is 8.54. The number of nitrogens with zero attached hydrogens (tertiary/aromatic N) is 7. The summed E-state index contributed by atoms with van der Waals surface area (Å²) in [5.41, 5.74) is -2.97. The van der Waals surface area contributed by atoms with Crippen molar-refractivity contribution >= 4 is 55.3 Å². The molecule has 0 saturated heterocycles. The van der Waals surface area contributed by atoms with E-state index >= 15 is 8.78 Å². The molecule has 0 spiro atoms. The van der Waals surface area contributed by atoms with E-state index < -0.39 is 87.7 Å². The third-order valence-corrected chi connectivity index (χ3v) is 11.4. The van der Waals surface area contributed by atoms with Gasteiger partial charge in [0, 0.05) is 43.7 Å². The minimum atomic E-state index is -3.92. The molecule has 0 unspecified atom stereocenters. The Morgan fingerprint density at radius 1 is 1.05 bits per heavy atom. The second-order valence-corrected chi connectivity index (χ2v) is 18.0. The standard InChI is InChI=1S/C40H38ClF6N9O6S/c1-18(2)17-61-9-10-62-29-8-5-22-36(49-29)50-38(56(39(22)58)27-7-6-25(41)31-33(27)54(3)52-37(31)53-63(4,59)60)26(13-19-11-20(42)14-21(43)12-19)48-28(57)16-55-34-30(32(51-55)35(44)45)23-15-24(23)40(34,46)47/h5-8,11-12,14,18,23-24,26,35H,9-10,13,15-17H2,1-4H3,(H,48,57)(H,52,53)/t23-,24+,26-/m0/s1. The van der Waals surface area contributed by atoms with Crippen LogP contribution < -0.4 is 20.3 Å². The number of benzene rings is 2. The molecule has 4 aromatic heterocycles. The molecule has 1 fully saturated rings. The molecule has 2 N–H and O–H groups in total. The highest BCUT2D eigenvalue weighted by atomic mass is 35.5. The second-order valence-electron chi connectivity index (χ2n) is 15.9. The molecule has 3 atom stereocenters. The minimum absolute atomic E-state index is 0.0117. The van der Waals surface area contributed by atoms with Crippen molar-refractivity contribution in [3.05, 3.63) is 97.8 Å². The Hall–Kier alpha value is -5.74. The number of ether oxygens (including phenoxy) is 2. The predicted octanol–water partition coefficient (Wildman–Crippen LogP) is 6.47. The zero-order valence-corrected chi connectivity index (χ0v) is 35.4. The fraction of sp³-hybridized carbons (Fsp3) is 0.400. The molecule has 2 aliphatic carbocycles. The molecule has 6 aromatic rings. The Balaban J connectivity index is 1.30. The lowest BCUT2D eigenvalue weighted by Gasteiger charge is -2.24. The number of alkyl halides is 4. The van der Waals surface area contributed by atoms with E-state index in [-0.39, 0.29) is 86.8 Å². The quantitative estimate of drug-likeness (QED) is 0.0809. The Kier molecular flexibility index (Phi) is 11.4. The van der Waals surface area contributed by atoms with Crippen molar-refractivity contribution in [1.29, 1.82) is 0 Å². The average Bonchev–Trinajstić information content (AvgIpc) is 3.72.